The monoisotopic (exact) mass is 438 g/mol. The van der Waals surface area contributed by atoms with E-state index in [1.54, 1.807) is 34.1 Å². The standard InChI is InChI=1S/C24H27ClN4O2/c1-18-4-9-22(16-19(18)2)29(11-3-10-26)23(30)17-27-12-14-28(15-13-27)24(31)20-5-7-21(25)8-6-20/h4-9,16H,3,11-15,17H2,1-2H3. The van der Waals surface area contributed by atoms with Gasteiger partial charge in [0.05, 0.1) is 19.0 Å². The van der Waals surface area contributed by atoms with Crippen LogP contribution in [0.25, 0.3) is 0 Å². The van der Waals surface area contributed by atoms with Crippen molar-refractivity contribution in [1.29, 1.82) is 5.26 Å². The fourth-order valence-corrected chi connectivity index (χ4v) is 3.74. The third-order valence-electron chi connectivity index (χ3n) is 5.66. The number of nitriles is 1. The lowest BCUT2D eigenvalue weighted by atomic mass is 10.1. The Bertz CT molecular complexity index is 976. The van der Waals surface area contributed by atoms with Gasteiger partial charge in [0.2, 0.25) is 5.91 Å². The van der Waals surface area contributed by atoms with E-state index < -0.39 is 0 Å². The summed E-state index contributed by atoms with van der Waals surface area (Å²) >= 11 is 5.90. The number of carbonyl (C=O) groups is 2. The first-order valence-corrected chi connectivity index (χ1v) is 10.8. The van der Waals surface area contributed by atoms with Crippen LogP contribution in [-0.2, 0) is 4.79 Å². The van der Waals surface area contributed by atoms with Gasteiger partial charge in [-0.1, -0.05) is 17.7 Å². The quantitative estimate of drug-likeness (QED) is 0.690. The van der Waals surface area contributed by atoms with Gasteiger partial charge in [0, 0.05) is 49.0 Å². The molecule has 0 radical (unpaired) electrons. The molecule has 1 heterocycles. The molecular formula is C24H27ClN4O2. The molecule has 6 nitrogen and oxygen atoms in total. The Hall–Kier alpha value is -2.88. The summed E-state index contributed by atoms with van der Waals surface area (Å²) in [4.78, 5) is 31.3. The van der Waals surface area contributed by atoms with Gasteiger partial charge in [-0.05, 0) is 61.4 Å². The Balaban J connectivity index is 1.60. The van der Waals surface area contributed by atoms with Crippen molar-refractivity contribution >= 4 is 29.1 Å². The van der Waals surface area contributed by atoms with Crippen molar-refractivity contribution in [2.45, 2.75) is 20.3 Å². The highest BCUT2D eigenvalue weighted by molar-refractivity contribution is 6.30. The lowest BCUT2D eigenvalue weighted by Crippen LogP contribution is -2.51. The maximum atomic E-state index is 13.1. The predicted octanol–water partition coefficient (Wildman–Crippen LogP) is 3.66. The van der Waals surface area contributed by atoms with Crippen LogP contribution < -0.4 is 4.90 Å². The normalized spacial score (nSPS) is 14.2. The highest BCUT2D eigenvalue weighted by atomic mass is 35.5. The molecule has 2 aromatic rings. The molecule has 0 N–H and O–H groups in total. The van der Waals surface area contributed by atoms with Crippen LogP contribution in [0.5, 0.6) is 0 Å². The second-order valence-electron chi connectivity index (χ2n) is 7.80. The fourth-order valence-electron chi connectivity index (χ4n) is 3.61. The molecular weight excluding hydrogens is 412 g/mol. The third kappa shape index (κ3) is 5.84. The van der Waals surface area contributed by atoms with Crippen LogP contribution in [0.1, 0.15) is 27.9 Å². The van der Waals surface area contributed by atoms with Crippen LogP contribution in [0.3, 0.4) is 0 Å². The minimum absolute atomic E-state index is 0.0200. The number of benzene rings is 2. The number of aryl methyl sites for hydroxylation is 2. The molecule has 0 spiro atoms. The Morgan fingerprint density at radius 1 is 1.03 bits per heavy atom. The highest BCUT2D eigenvalue weighted by Gasteiger charge is 2.25. The van der Waals surface area contributed by atoms with E-state index in [-0.39, 0.29) is 24.8 Å². The summed E-state index contributed by atoms with van der Waals surface area (Å²) in [6, 6.07) is 14.9. The maximum absolute atomic E-state index is 13.1. The van der Waals surface area contributed by atoms with Crippen molar-refractivity contribution in [3.05, 3.63) is 64.2 Å². The maximum Gasteiger partial charge on any atom is 0.253 e. The smallest absolute Gasteiger partial charge is 0.253 e. The SMILES string of the molecule is Cc1ccc(N(CCC#N)C(=O)CN2CCN(C(=O)c3ccc(Cl)cc3)CC2)cc1C. The fraction of sp³-hybridized carbons (Fsp3) is 0.375. The van der Waals surface area contributed by atoms with Crippen molar-refractivity contribution in [1.82, 2.24) is 9.80 Å². The average Bonchev–Trinajstić information content (AvgIpc) is 2.77. The molecule has 1 aliphatic heterocycles. The summed E-state index contributed by atoms with van der Waals surface area (Å²) in [5.74, 6) is -0.0515. The number of rotatable bonds is 6. The molecule has 1 aliphatic rings. The molecule has 1 fully saturated rings. The first-order chi connectivity index (χ1) is 14.9. The molecule has 2 aromatic carbocycles. The molecule has 3 rings (SSSR count). The summed E-state index contributed by atoms with van der Waals surface area (Å²) in [5.41, 5.74) is 3.71. The minimum atomic E-state index is -0.0315. The molecule has 0 bridgehead atoms. The van der Waals surface area contributed by atoms with Gasteiger partial charge in [-0.3, -0.25) is 14.5 Å². The lowest BCUT2D eigenvalue weighted by Gasteiger charge is -2.35. The lowest BCUT2D eigenvalue weighted by molar-refractivity contribution is -0.120. The topological polar surface area (TPSA) is 67.7 Å². The summed E-state index contributed by atoms with van der Waals surface area (Å²) in [5, 5.41) is 9.61. The van der Waals surface area contributed by atoms with E-state index >= 15 is 0 Å². The number of hydrogen-bond donors (Lipinski definition) is 0. The average molecular weight is 439 g/mol. The van der Waals surface area contributed by atoms with Gasteiger partial charge >= 0.3 is 0 Å². The van der Waals surface area contributed by atoms with Crippen molar-refractivity contribution in [3.63, 3.8) is 0 Å². The molecule has 0 aromatic heterocycles. The highest BCUT2D eigenvalue weighted by Crippen LogP contribution is 2.20. The van der Waals surface area contributed by atoms with Crippen molar-refractivity contribution in [3.8, 4) is 6.07 Å². The van der Waals surface area contributed by atoms with Gasteiger partial charge in [-0.25, -0.2) is 0 Å². The minimum Gasteiger partial charge on any atom is -0.336 e. The van der Waals surface area contributed by atoms with Crippen LogP contribution in [0.4, 0.5) is 5.69 Å². The van der Waals surface area contributed by atoms with E-state index in [9.17, 15) is 9.59 Å². The second kappa shape index (κ2) is 10.4. The van der Waals surface area contributed by atoms with Gasteiger partial charge in [-0.15, -0.1) is 0 Å². The molecule has 0 aliphatic carbocycles. The Morgan fingerprint density at radius 3 is 2.32 bits per heavy atom. The van der Waals surface area contributed by atoms with Crippen molar-refractivity contribution in [2.75, 3.05) is 44.2 Å². The van der Waals surface area contributed by atoms with Gasteiger partial charge in [0.25, 0.3) is 5.91 Å². The Labute approximate surface area is 188 Å². The zero-order chi connectivity index (χ0) is 22.4. The van der Waals surface area contributed by atoms with Gasteiger partial charge in [0.15, 0.2) is 0 Å². The summed E-state index contributed by atoms with van der Waals surface area (Å²) in [6.07, 6.45) is 0.280. The number of piperazine rings is 1. The summed E-state index contributed by atoms with van der Waals surface area (Å²) < 4.78 is 0. The first-order valence-electron chi connectivity index (χ1n) is 10.4. The second-order valence-corrected chi connectivity index (χ2v) is 8.23. The molecule has 162 valence electrons. The zero-order valence-electron chi connectivity index (χ0n) is 18.0. The Morgan fingerprint density at radius 2 is 1.71 bits per heavy atom. The van der Waals surface area contributed by atoms with E-state index in [0.717, 1.165) is 16.8 Å². The van der Waals surface area contributed by atoms with Crippen LogP contribution in [0.2, 0.25) is 5.02 Å². The summed E-state index contributed by atoms with van der Waals surface area (Å²) in [6.45, 7) is 7.07. The number of hydrogen-bond acceptors (Lipinski definition) is 4. The predicted molar refractivity (Wildman–Crippen MR) is 122 cm³/mol. The van der Waals surface area contributed by atoms with Crippen LogP contribution >= 0.6 is 11.6 Å². The van der Waals surface area contributed by atoms with E-state index in [1.165, 1.54) is 0 Å². The number of nitrogens with zero attached hydrogens (tertiary/aromatic N) is 4. The first kappa shape index (κ1) is 22.8. The van der Waals surface area contributed by atoms with Crippen LogP contribution in [0, 0.1) is 25.2 Å². The van der Waals surface area contributed by atoms with Crippen LogP contribution in [-0.4, -0.2) is 60.9 Å². The molecule has 0 atom stereocenters. The number of amides is 2. The van der Waals surface area contributed by atoms with E-state index in [0.29, 0.717) is 43.3 Å². The van der Waals surface area contributed by atoms with Gasteiger partial charge < -0.3 is 9.80 Å². The molecule has 0 unspecified atom stereocenters. The number of anilines is 1. The number of halogens is 1. The molecule has 2 amide bonds. The largest absolute Gasteiger partial charge is 0.336 e. The van der Waals surface area contributed by atoms with Crippen molar-refractivity contribution < 1.29 is 9.59 Å². The van der Waals surface area contributed by atoms with E-state index in [4.69, 9.17) is 16.9 Å². The number of carbonyl (C=O) groups excluding carboxylic acids is 2. The van der Waals surface area contributed by atoms with E-state index in [1.807, 2.05) is 32.0 Å². The molecule has 0 saturated carbocycles. The zero-order valence-corrected chi connectivity index (χ0v) is 18.7. The van der Waals surface area contributed by atoms with Crippen LogP contribution in [0.15, 0.2) is 42.5 Å². The third-order valence-corrected chi connectivity index (χ3v) is 5.91. The molecule has 1 saturated heterocycles. The van der Waals surface area contributed by atoms with Gasteiger partial charge in [-0.2, -0.15) is 5.26 Å². The summed E-state index contributed by atoms with van der Waals surface area (Å²) in [7, 11) is 0. The van der Waals surface area contributed by atoms with E-state index in [2.05, 4.69) is 11.0 Å². The van der Waals surface area contributed by atoms with Gasteiger partial charge in [0.1, 0.15) is 0 Å². The molecule has 7 heteroatoms. The van der Waals surface area contributed by atoms with Crippen molar-refractivity contribution in [2.24, 2.45) is 0 Å². The Kier molecular flexibility index (Phi) is 7.67. The molecule has 31 heavy (non-hydrogen) atoms.